The van der Waals surface area contributed by atoms with Crippen molar-refractivity contribution in [1.82, 2.24) is 5.32 Å². The first-order valence-corrected chi connectivity index (χ1v) is 11.3. The van der Waals surface area contributed by atoms with Gasteiger partial charge in [0, 0.05) is 36.2 Å². The molecule has 162 valence electrons. The van der Waals surface area contributed by atoms with E-state index in [4.69, 9.17) is 37.0 Å². The van der Waals surface area contributed by atoms with Crippen molar-refractivity contribution in [2.24, 2.45) is 0 Å². The molecule has 0 fully saturated rings. The Morgan fingerprint density at radius 2 is 1.67 bits per heavy atom. The molecule has 0 aliphatic rings. The molecule has 2 rings (SSSR count). The van der Waals surface area contributed by atoms with Gasteiger partial charge in [-0.15, -0.1) is 0 Å². The summed E-state index contributed by atoms with van der Waals surface area (Å²) in [7, 11) is 0.650. The predicted molar refractivity (Wildman–Crippen MR) is 115 cm³/mol. The van der Waals surface area contributed by atoms with Crippen molar-refractivity contribution < 1.29 is 27.9 Å². The fourth-order valence-corrected chi connectivity index (χ4v) is 4.22. The lowest BCUT2D eigenvalue weighted by Crippen LogP contribution is -2.43. The number of halogens is 2. The first-order valence-electron chi connectivity index (χ1n) is 8.83. The number of methoxy groups -OCH3 is 1. The molecule has 2 aromatic carbocycles. The molecule has 0 aliphatic heterocycles. The van der Waals surface area contributed by atoms with Crippen LogP contribution in [0.1, 0.15) is 21.5 Å². The molecule has 1 atom stereocenters. The van der Waals surface area contributed by atoms with E-state index in [9.17, 15) is 14.2 Å². The summed E-state index contributed by atoms with van der Waals surface area (Å²) in [5.41, 5.74) is 1.64. The van der Waals surface area contributed by atoms with E-state index in [1.54, 1.807) is 42.5 Å². The third-order valence-corrected chi connectivity index (χ3v) is 6.83. The Hall–Kier alpha value is -1.89. The summed E-state index contributed by atoms with van der Waals surface area (Å²) in [6.45, 7) is 0. The molecule has 30 heavy (non-hydrogen) atoms. The van der Waals surface area contributed by atoms with Gasteiger partial charge in [0.15, 0.2) is 0 Å². The molecule has 2 aromatic rings. The number of ether oxygens (including phenoxy) is 1. The first kappa shape index (κ1) is 24.4. The second-order valence-electron chi connectivity index (χ2n) is 6.32. The van der Waals surface area contributed by atoms with E-state index in [0.717, 1.165) is 0 Å². The number of benzene rings is 2. The van der Waals surface area contributed by atoms with Gasteiger partial charge in [0.05, 0.1) is 13.3 Å². The fourth-order valence-electron chi connectivity index (χ4n) is 2.67. The van der Waals surface area contributed by atoms with Gasteiger partial charge in [0.1, 0.15) is 6.04 Å². The van der Waals surface area contributed by atoms with Gasteiger partial charge < -0.3 is 19.1 Å². The zero-order valence-electron chi connectivity index (χ0n) is 16.7. The van der Waals surface area contributed by atoms with Crippen LogP contribution in [-0.4, -0.2) is 39.2 Å². The van der Waals surface area contributed by atoms with E-state index in [1.807, 2.05) is 0 Å². The predicted octanol–water partition coefficient (Wildman–Crippen LogP) is 4.49. The van der Waals surface area contributed by atoms with Crippen LogP contribution in [0.3, 0.4) is 0 Å². The first-order chi connectivity index (χ1) is 14.2. The van der Waals surface area contributed by atoms with Gasteiger partial charge in [-0.1, -0.05) is 41.4 Å². The van der Waals surface area contributed by atoms with Crippen molar-refractivity contribution in [2.75, 3.05) is 21.3 Å². The molecular weight excluding hydrogens is 452 g/mol. The van der Waals surface area contributed by atoms with Crippen LogP contribution in [0.25, 0.3) is 0 Å². The van der Waals surface area contributed by atoms with Crippen LogP contribution in [0.2, 0.25) is 10.0 Å². The van der Waals surface area contributed by atoms with Gasteiger partial charge in [-0.2, -0.15) is 0 Å². The van der Waals surface area contributed by atoms with Crippen molar-refractivity contribution in [3.63, 3.8) is 0 Å². The molecule has 0 aromatic heterocycles. The van der Waals surface area contributed by atoms with Crippen LogP contribution in [-0.2, 0) is 35.7 Å². The lowest BCUT2D eigenvalue weighted by atomic mass is 10.0. The smallest absolute Gasteiger partial charge is 0.334 e. The normalized spacial score (nSPS) is 12.3. The summed E-state index contributed by atoms with van der Waals surface area (Å²) in [5, 5.41) is 3.51. The molecule has 0 saturated carbocycles. The van der Waals surface area contributed by atoms with Gasteiger partial charge in [0.25, 0.3) is 5.91 Å². The van der Waals surface area contributed by atoms with E-state index in [1.165, 1.54) is 21.3 Å². The van der Waals surface area contributed by atoms with Gasteiger partial charge in [-0.25, -0.2) is 4.79 Å². The zero-order chi connectivity index (χ0) is 22.3. The van der Waals surface area contributed by atoms with Crippen LogP contribution in [0.4, 0.5) is 0 Å². The number of esters is 1. The quantitative estimate of drug-likeness (QED) is 0.426. The monoisotopic (exact) mass is 473 g/mol. The lowest BCUT2D eigenvalue weighted by Gasteiger charge is -2.18. The molecule has 7 nitrogen and oxygen atoms in total. The molecule has 10 heteroatoms. The number of carbonyl (C=O) groups excluding carboxylic acids is 2. The molecule has 0 heterocycles. The Morgan fingerprint density at radius 3 is 2.20 bits per heavy atom. The van der Waals surface area contributed by atoms with Gasteiger partial charge in [-0.05, 0) is 35.4 Å². The van der Waals surface area contributed by atoms with Crippen LogP contribution in [0.5, 0.6) is 0 Å². The van der Waals surface area contributed by atoms with E-state index in [0.29, 0.717) is 26.7 Å². The van der Waals surface area contributed by atoms with Crippen LogP contribution < -0.4 is 5.32 Å². The standard InChI is InChI=1S/C20H22Cl2NO6P/c1-27-20(25)18(10-15-8-9-16(21)11-17(15)22)23-19(24)14-6-4-13(5-7-14)12-30(26,28-2)29-3/h4-9,11,18H,10,12H2,1-3H3,(H,23,24)/t18-/m1/s1. The number of hydrogen-bond donors (Lipinski definition) is 1. The van der Waals surface area contributed by atoms with Crippen LogP contribution in [0.15, 0.2) is 42.5 Å². The average molecular weight is 474 g/mol. The highest BCUT2D eigenvalue weighted by atomic mass is 35.5. The highest BCUT2D eigenvalue weighted by Gasteiger charge is 2.25. The number of amides is 1. The van der Waals surface area contributed by atoms with Crippen LogP contribution in [0, 0.1) is 0 Å². The maximum absolute atomic E-state index is 12.6. The molecule has 0 bridgehead atoms. The van der Waals surface area contributed by atoms with Crippen molar-refractivity contribution in [1.29, 1.82) is 0 Å². The SMILES string of the molecule is COC(=O)[C@@H](Cc1ccc(Cl)cc1Cl)NC(=O)c1ccc(CP(=O)(OC)OC)cc1. The van der Waals surface area contributed by atoms with Crippen molar-refractivity contribution in [2.45, 2.75) is 18.6 Å². The van der Waals surface area contributed by atoms with Crippen molar-refractivity contribution in [3.05, 3.63) is 69.2 Å². The van der Waals surface area contributed by atoms with Crippen LogP contribution >= 0.6 is 30.8 Å². The minimum atomic E-state index is -3.21. The molecule has 0 aliphatic carbocycles. The minimum Gasteiger partial charge on any atom is -0.467 e. The summed E-state index contributed by atoms with van der Waals surface area (Å²) in [5.74, 6) is -1.07. The summed E-state index contributed by atoms with van der Waals surface area (Å²) >= 11 is 12.1. The van der Waals surface area contributed by atoms with Crippen molar-refractivity contribution in [3.8, 4) is 0 Å². The Labute approximate surface area is 185 Å². The summed E-state index contributed by atoms with van der Waals surface area (Å²) in [6, 6.07) is 10.4. The minimum absolute atomic E-state index is 0.0712. The van der Waals surface area contributed by atoms with Crippen molar-refractivity contribution >= 4 is 42.7 Å². The zero-order valence-corrected chi connectivity index (χ0v) is 19.1. The Bertz CT molecular complexity index is 943. The molecule has 0 radical (unpaired) electrons. The second kappa shape index (κ2) is 10.9. The van der Waals surface area contributed by atoms with E-state index in [2.05, 4.69) is 5.32 Å². The van der Waals surface area contributed by atoms with E-state index in [-0.39, 0.29) is 12.6 Å². The van der Waals surface area contributed by atoms with Gasteiger partial charge in [-0.3, -0.25) is 9.36 Å². The molecule has 0 spiro atoms. The fraction of sp³-hybridized carbons (Fsp3) is 0.300. The highest BCUT2D eigenvalue weighted by molar-refractivity contribution is 7.52. The van der Waals surface area contributed by atoms with Gasteiger partial charge >= 0.3 is 13.6 Å². The highest BCUT2D eigenvalue weighted by Crippen LogP contribution is 2.49. The third-order valence-electron chi connectivity index (χ3n) is 4.38. The Morgan fingerprint density at radius 1 is 1.03 bits per heavy atom. The van der Waals surface area contributed by atoms with E-state index >= 15 is 0 Å². The molecule has 0 unspecified atom stereocenters. The maximum atomic E-state index is 12.6. The Balaban J connectivity index is 2.13. The number of rotatable bonds is 9. The number of hydrogen-bond acceptors (Lipinski definition) is 6. The summed E-state index contributed by atoms with van der Waals surface area (Å²) in [4.78, 5) is 24.8. The maximum Gasteiger partial charge on any atom is 0.334 e. The molecular formula is C20H22Cl2NO6P. The summed E-state index contributed by atoms with van der Waals surface area (Å²) < 4.78 is 26.9. The number of nitrogens with one attached hydrogen (secondary N) is 1. The second-order valence-corrected chi connectivity index (χ2v) is 9.43. The summed E-state index contributed by atoms with van der Waals surface area (Å²) in [6.07, 6.45) is 0.207. The molecule has 1 N–H and O–H groups in total. The average Bonchev–Trinajstić information content (AvgIpc) is 2.74. The largest absolute Gasteiger partial charge is 0.467 e. The molecule has 0 saturated heterocycles. The topological polar surface area (TPSA) is 90.9 Å². The molecule has 1 amide bonds. The van der Waals surface area contributed by atoms with E-state index < -0.39 is 25.5 Å². The Kier molecular flexibility index (Phi) is 8.89. The lowest BCUT2D eigenvalue weighted by molar-refractivity contribution is -0.142. The number of carbonyl (C=O) groups is 2. The third kappa shape index (κ3) is 6.56. The van der Waals surface area contributed by atoms with Gasteiger partial charge in [0.2, 0.25) is 0 Å².